The van der Waals surface area contributed by atoms with Gasteiger partial charge in [0.2, 0.25) is 0 Å². The standard InChI is InChI=1S/C19H29N/c1-20-19(13-10-15-6-2-3-7-15)18-12-11-16-8-4-5-9-17(16)14-18/h11-12,14-15,19-20H,2-10,13H2,1H3. The molecule has 0 heterocycles. The van der Waals surface area contributed by atoms with Gasteiger partial charge < -0.3 is 5.32 Å². The Bertz CT molecular complexity index is 431. The molecule has 1 aromatic carbocycles. The van der Waals surface area contributed by atoms with Crippen LogP contribution in [0, 0.1) is 5.92 Å². The number of hydrogen-bond donors (Lipinski definition) is 1. The third kappa shape index (κ3) is 3.25. The molecule has 0 saturated heterocycles. The van der Waals surface area contributed by atoms with Gasteiger partial charge in [0.05, 0.1) is 0 Å². The molecule has 2 aliphatic carbocycles. The summed E-state index contributed by atoms with van der Waals surface area (Å²) in [6.07, 6.45) is 13.9. The SMILES string of the molecule is CNC(CCC1CCCC1)c1ccc2c(c1)CCCC2. The van der Waals surface area contributed by atoms with E-state index in [1.54, 1.807) is 11.1 Å². The number of nitrogens with one attached hydrogen (secondary N) is 1. The first kappa shape index (κ1) is 14.1. The molecule has 3 rings (SSSR count). The van der Waals surface area contributed by atoms with Crippen LogP contribution < -0.4 is 5.32 Å². The van der Waals surface area contributed by atoms with Crippen molar-refractivity contribution >= 4 is 0 Å². The fraction of sp³-hybridized carbons (Fsp3) is 0.684. The number of hydrogen-bond acceptors (Lipinski definition) is 1. The normalized spacial score (nSPS) is 20.9. The number of benzene rings is 1. The van der Waals surface area contributed by atoms with Gasteiger partial charge in [-0.05, 0) is 68.2 Å². The van der Waals surface area contributed by atoms with Crippen molar-refractivity contribution in [2.75, 3.05) is 7.05 Å². The Hall–Kier alpha value is -0.820. The van der Waals surface area contributed by atoms with E-state index < -0.39 is 0 Å². The molecule has 1 saturated carbocycles. The molecular weight excluding hydrogens is 242 g/mol. The fourth-order valence-corrected chi connectivity index (χ4v) is 4.15. The molecule has 0 aromatic heterocycles. The zero-order valence-corrected chi connectivity index (χ0v) is 13.0. The molecule has 0 spiro atoms. The maximum atomic E-state index is 3.55. The van der Waals surface area contributed by atoms with Gasteiger partial charge in [-0.3, -0.25) is 0 Å². The topological polar surface area (TPSA) is 12.0 Å². The number of aryl methyl sites for hydroxylation is 2. The van der Waals surface area contributed by atoms with Crippen LogP contribution in [-0.4, -0.2) is 7.05 Å². The summed E-state index contributed by atoms with van der Waals surface area (Å²) in [4.78, 5) is 0. The highest BCUT2D eigenvalue weighted by atomic mass is 14.9. The van der Waals surface area contributed by atoms with E-state index in [4.69, 9.17) is 0 Å². The lowest BCUT2D eigenvalue weighted by Crippen LogP contribution is -2.18. The van der Waals surface area contributed by atoms with Crippen LogP contribution in [0.25, 0.3) is 0 Å². The third-order valence-electron chi connectivity index (χ3n) is 5.46. The predicted octanol–water partition coefficient (Wildman–Crippen LogP) is 4.80. The molecule has 1 heteroatoms. The molecule has 20 heavy (non-hydrogen) atoms. The summed E-state index contributed by atoms with van der Waals surface area (Å²) in [5.41, 5.74) is 4.74. The van der Waals surface area contributed by atoms with Crippen molar-refractivity contribution in [3.63, 3.8) is 0 Å². The van der Waals surface area contributed by atoms with Crippen LogP contribution in [0.2, 0.25) is 0 Å². The Balaban J connectivity index is 1.65. The van der Waals surface area contributed by atoms with Crippen molar-refractivity contribution < 1.29 is 0 Å². The molecule has 1 aromatic rings. The van der Waals surface area contributed by atoms with E-state index in [9.17, 15) is 0 Å². The molecule has 2 aliphatic rings. The lowest BCUT2D eigenvalue weighted by atomic mass is 9.87. The third-order valence-corrected chi connectivity index (χ3v) is 5.46. The minimum absolute atomic E-state index is 0.558. The van der Waals surface area contributed by atoms with Gasteiger partial charge in [0.15, 0.2) is 0 Å². The van der Waals surface area contributed by atoms with Crippen LogP contribution >= 0.6 is 0 Å². The monoisotopic (exact) mass is 271 g/mol. The second kappa shape index (κ2) is 6.76. The zero-order chi connectivity index (χ0) is 13.8. The van der Waals surface area contributed by atoms with Crippen molar-refractivity contribution in [3.8, 4) is 0 Å². The van der Waals surface area contributed by atoms with Gasteiger partial charge in [-0.15, -0.1) is 0 Å². The number of fused-ring (bicyclic) bond motifs is 1. The van der Waals surface area contributed by atoms with E-state index in [0.29, 0.717) is 6.04 Å². The van der Waals surface area contributed by atoms with E-state index in [0.717, 1.165) is 5.92 Å². The molecule has 0 bridgehead atoms. The van der Waals surface area contributed by atoms with Gasteiger partial charge in [0.1, 0.15) is 0 Å². The van der Waals surface area contributed by atoms with Crippen LogP contribution in [0.15, 0.2) is 18.2 Å². The second-order valence-electron chi connectivity index (χ2n) is 6.80. The van der Waals surface area contributed by atoms with Crippen LogP contribution in [0.5, 0.6) is 0 Å². The van der Waals surface area contributed by atoms with Gasteiger partial charge in [-0.25, -0.2) is 0 Å². The van der Waals surface area contributed by atoms with E-state index in [-0.39, 0.29) is 0 Å². The van der Waals surface area contributed by atoms with Crippen LogP contribution in [0.3, 0.4) is 0 Å². The molecule has 110 valence electrons. The summed E-state index contributed by atoms with van der Waals surface area (Å²) in [5, 5.41) is 3.55. The van der Waals surface area contributed by atoms with E-state index in [2.05, 4.69) is 30.6 Å². The lowest BCUT2D eigenvalue weighted by molar-refractivity contribution is 0.427. The highest BCUT2D eigenvalue weighted by molar-refractivity contribution is 5.35. The first-order valence-electron chi connectivity index (χ1n) is 8.66. The van der Waals surface area contributed by atoms with Gasteiger partial charge in [0, 0.05) is 6.04 Å². The van der Waals surface area contributed by atoms with E-state index >= 15 is 0 Å². The maximum Gasteiger partial charge on any atom is 0.0317 e. The van der Waals surface area contributed by atoms with Crippen molar-refractivity contribution in [3.05, 3.63) is 34.9 Å². The van der Waals surface area contributed by atoms with Crippen molar-refractivity contribution in [2.24, 2.45) is 5.92 Å². The Morgan fingerprint density at radius 3 is 2.55 bits per heavy atom. The van der Waals surface area contributed by atoms with Crippen molar-refractivity contribution in [2.45, 2.75) is 70.3 Å². The van der Waals surface area contributed by atoms with Crippen molar-refractivity contribution in [1.29, 1.82) is 0 Å². The van der Waals surface area contributed by atoms with Gasteiger partial charge in [0.25, 0.3) is 0 Å². The van der Waals surface area contributed by atoms with E-state index in [1.165, 1.54) is 69.8 Å². The smallest absolute Gasteiger partial charge is 0.0317 e. The Morgan fingerprint density at radius 1 is 1.05 bits per heavy atom. The molecular formula is C19H29N. The molecule has 0 amide bonds. The first-order chi connectivity index (χ1) is 9.86. The van der Waals surface area contributed by atoms with Gasteiger partial charge in [-0.1, -0.05) is 43.9 Å². The molecule has 1 fully saturated rings. The molecule has 0 aliphatic heterocycles. The summed E-state index contributed by atoms with van der Waals surface area (Å²) < 4.78 is 0. The minimum Gasteiger partial charge on any atom is -0.313 e. The lowest BCUT2D eigenvalue weighted by Gasteiger charge is -2.22. The predicted molar refractivity (Wildman–Crippen MR) is 86.1 cm³/mol. The second-order valence-corrected chi connectivity index (χ2v) is 6.80. The zero-order valence-electron chi connectivity index (χ0n) is 13.0. The fourth-order valence-electron chi connectivity index (χ4n) is 4.15. The summed E-state index contributed by atoms with van der Waals surface area (Å²) >= 11 is 0. The van der Waals surface area contributed by atoms with Gasteiger partial charge >= 0.3 is 0 Å². The average molecular weight is 271 g/mol. The largest absolute Gasteiger partial charge is 0.313 e. The van der Waals surface area contributed by atoms with Crippen LogP contribution in [0.4, 0.5) is 0 Å². The molecule has 1 unspecified atom stereocenters. The van der Waals surface area contributed by atoms with Crippen LogP contribution in [-0.2, 0) is 12.8 Å². The summed E-state index contributed by atoms with van der Waals surface area (Å²) in [7, 11) is 2.12. The van der Waals surface area contributed by atoms with Crippen LogP contribution in [0.1, 0.15) is 74.1 Å². The maximum absolute atomic E-state index is 3.55. The number of rotatable bonds is 5. The van der Waals surface area contributed by atoms with Crippen molar-refractivity contribution in [1.82, 2.24) is 5.32 Å². The summed E-state index contributed by atoms with van der Waals surface area (Å²) in [6.45, 7) is 0. The quantitative estimate of drug-likeness (QED) is 0.811. The Morgan fingerprint density at radius 2 is 1.80 bits per heavy atom. The molecule has 1 atom stereocenters. The highest BCUT2D eigenvalue weighted by Crippen LogP contribution is 2.32. The Labute approximate surface area is 124 Å². The summed E-state index contributed by atoms with van der Waals surface area (Å²) in [5.74, 6) is 1.00. The minimum atomic E-state index is 0.558. The molecule has 1 N–H and O–H groups in total. The van der Waals surface area contributed by atoms with Gasteiger partial charge in [-0.2, -0.15) is 0 Å². The first-order valence-corrected chi connectivity index (χ1v) is 8.66. The Kier molecular flexibility index (Phi) is 4.77. The average Bonchev–Trinajstić information content (AvgIpc) is 3.01. The molecule has 1 nitrogen and oxygen atoms in total. The van der Waals surface area contributed by atoms with E-state index in [1.807, 2.05) is 0 Å². The molecule has 0 radical (unpaired) electrons. The summed E-state index contributed by atoms with van der Waals surface area (Å²) in [6, 6.07) is 7.82. The highest BCUT2D eigenvalue weighted by Gasteiger charge is 2.18.